The summed E-state index contributed by atoms with van der Waals surface area (Å²) in [4.78, 5) is 0. The molecular weight excluding hydrogens is 287 g/mol. The maximum absolute atomic E-state index is 13.9. The van der Waals surface area contributed by atoms with Gasteiger partial charge in [0.25, 0.3) is 0 Å². The van der Waals surface area contributed by atoms with Crippen molar-refractivity contribution in [2.45, 2.75) is 32.4 Å². The van der Waals surface area contributed by atoms with E-state index in [1.807, 2.05) is 20.8 Å². The predicted octanol–water partition coefficient (Wildman–Crippen LogP) is 2.91. The molecule has 1 rings (SSSR count). The molecule has 0 heterocycles. The number of nitrogens with one attached hydrogen (secondary N) is 1. The topological polar surface area (TPSA) is 47.3 Å². The summed E-state index contributed by atoms with van der Waals surface area (Å²) in [6.07, 6.45) is 0. The van der Waals surface area contributed by atoms with Gasteiger partial charge >= 0.3 is 0 Å². The molecule has 5 heteroatoms. The average Bonchev–Trinajstić information content (AvgIpc) is 2.23. The van der Waals surface area contributed by atoms with Crippen molar-refractivity contribution in [2.24, 2.45) is 5.84 Å². The van der Waals surface area contributed by atoms with Crippen LogP contribution in [0.25, 0.3) is 0 Å². The summed E-state index contributed by atoms with van der Waals surface area (Å²) < 4.78 is 19.9. The summed E-state index contributed by atoms with van der Waals surface area (Å²) in [5.74, 6) is 5.13. The van der Waals surface area contributed by atoms with Crippen molar-refractivity contribution in [3.63, 3.8) is 0 Å². The first-order valence-corrected chi connectivity index (χ1v) is 6.18. The molecule has 3 N–H and O–H groups in total. The second-order valence-corrected chi connectivity index (χ2v) is 5.64. The number of rotatable bonds is 4. The molecule has 1 unspecified atom stereocenters. The smallest absolute Gasteiger partial charge is 0.142 e. The third-order valence-electron chi connectivity index (χ3n) is 2.24. The molecule has 96 valence electrons. The van der Waals surface area contributed by atoms with Gasteiger partial charge in [-0.2, -0.15) is 0 Å². The van der Waals surface area contributed by atoms with Crippen LogP contribution in [0.1, 0.15) is 32.4 Å². The lowest BCUT2D eigenvalue weighted by atomic mass is 10.1. The summed E-state index contributed by atoms with van der Waals surface area (Å²) in [5, 5.41) is 0. The zero-order valence-electron chi connectivity index (χ0n) is 10.3. The van der Waals surface area contributed by atoms with Crippen LogP contribution in [-0.2, 0) is 4.74 Å². The third-order valence-corrected chi connectivity index (χ3v) is 2.85. The summed E-state index contributed by atoms with van der Waals surface area (Å²) >= 11 is 3.15. The van der Waals surface area contributed by atoms with Gasteiger partial charge in [0.15, 0.2) is 0 Å². The highest BCUT2D eigenvalue weighted by Gasteiger charge is 2.19. The number of benzene rings is 1. The van der Waals surface area contributed by atoms with Crippen molar-refractivity contribution in [3.8, 4) is 0 Å². The Morgan fingerprint density at radius 2 is 2.12 bits per heavy atom. The maximum Gasteiger partial charge on any atom is 0.142 e. The van der Waals surface area contributed by atoms with E-state index in [1.54, 1.807) is 18.2 Å². The van der Waals surface area contributed by atoms with Crippen LogP contribution in [0.3, 0.4) is 0 Å². The Kier molecular flexibility index (Phi) is 5.06. The Morgan fingerprint density at radius 3 is 2.65 bits per heavy atom. The molecule has 1 atom stereocenters. The molecule has 0 aliphatic rings. The van der Waals surface area contributed by atoms with Crippen LogP contribution in [0.15, 0.2) is 22.7 Å². The van der Waals surface area contributed by atoms with E-state index in [-0.39, 0.29) is 17.5 Å². The van der Waals surface area contributed by atoms with E-state index in [9.17, 15) is 4.39 Å². The minimum Gasteiger partial charge on any atom is -0.374 e. The lowest BCUT2D eigenvalue weighted by Gasteiger charge is -2.24. The van der Waals surface area contributed by atoms with E-state index in [4.69, 9.17) is 10.6 Å². The first-order valence-electron chi connectivity index (χ1n) is 5.39. The minimum atomic E-state index is -0.369. The van der Waals surface area contributed by atoms with E-state index >= 15 is 0 Å². The lowest BCUT2D eigenvalue weighted by Crippen LogP contribution is -2.34. The molecule has 0 amide bonds. The first kappa shape index (κ1) is 14.6. The highest BCUT2D eigenvalue weighted by atomic mass is 79.9. The summed E-state index contributed by atoms with van der Waals surface area (Å²) in [5.41, 5.74) is 2.78. The number of ether oxygens (including phenoxy) is 1. The Labute approximate surface area is 110 Å². The number of halogens is 2. The molecule has 1 aromatic carbocycles. The number of hydrogen-bond donors (Lipinski definition) is 2. The van der Waals surface area contributed by atoms with Gasteiger partial charge in [0.1, 0.15) is 5.82 Å². The predicted molar refractivity (Wildman–Crippen MR) is 69.9 cm³/mol. The van der Waals surface area contributed by atoms with Gasteiger partial charge in [-0.15, -0.1) is 0 Å². The van der Waals surface area contributed by atoms with Crippen molar-refractivity contribution < 1.29 is 9.13 Å². The van der Waals surface area contributed by atoms with Crippen molar-refractivity contribution in [3.05, 3.63) is 34.1 Å². The van der Waals surface area contributed by atoms with E-state index in [2.05, 4.69) is 21.4 Å². The summed E-state index contributed by atoms with van der Waals surface area (Å²) in [6.45, 7) is 6.14. The molecule has 1 aromatic rings. The first-order chi connectivity index (χ1) is 7.85. The van der Waals surface area contributed by atoms with Crippen LogP contribution in [-0.4, -0.2) is 12.2 Å². The highest BCUT2D eigenvalue weighted by molar-refractivity contribution is 9.10. The molecule has 0 aliphatic carbocycles. The molecule has 0 bridgehead atoms. The Balaban J connectivity index is 2.83. The molecule has 0 saturated carbocycles. The van der Waals surface area contributed by atoms with Gasteiger partial charge in [0, 0.05) is 5.56 Å². The summed E-state index contributed by atoms with van der Waals surface area (Å²) in [6, 6.07) is 4.74. The van der Waals surface area contributed by atoms with E-state index < -0.39 is 0 Å². The van der Waals surface area contributed by atoms with Gasteiger partial charge in [-0.25, -0.2) is 4.39 Å². The molecule has 0 fully saturated rings. The van der Waals surface area contributed by atoms with Gasteiger partial charge in [-0.3, -0.25) is 11.3 Å². The quantitative estimate of drug-likeness (QED) is 0.664. The molecule has 17 heavy (non-hydrogen) atoms. The molecule has 0 aliphatic heterocycles. The maximum atomic E-state index is 13.9. The van der Waals surface area contributed by atoms with Gasteiger partial charge < -0.3 is 4.74 Å². The second kappa shape index (κ2) is 5.91. The molecule has 0 spiro atoms. The molecule has 0 aromatic heterocycles. The third kappa shape index (κ3) is 4.35. The van der Waals surface area contributed by atoms with Crippen molar-refractivity contribution in [1.82, 2.24) is 5.43 Å². The molecule has 0 saturated heterocycles. The van der Waals surface area contributed by atoms with Crippen LogP contribution in [0.5, 0.6) is 0 Å². The van der Waals surface area contributed by atoms with Crippen molar-refractivity contribution in [1.29, 1.82) is 0 Å². The van der Waals surface area contributed by atoms with Crippen LogP contribution in [0.2, 0.25) is 0 Å². The largest absolute Gasteiger partial charge is 0.374 e. The number of nitrogens with two attached hydrogens (primary N) is 1. The molecule has 0 radical (unpaired) electrons. The summed E-state index contributed by atoms with van der Waals surface area (Å²) in [7, 11) is 0. The monoisotopic (exact) mass is 304 g/mol. The van der Waals surface area contributed by atoms with Gasteiger partial charge in [0.05, 0.1) is 22.7 Å². The Morgan fingerprint density at radius 1 is 1.47 bits per heavy atom. The molecular formula is C12H18BrFN2O. The Hall–Kier alpha value is -0.490. The number of hydrazine groups is 1. The molecule has 3 nitrogen and oxygen atoms in total. The fraction of sp³-hybridized carbons (Fsp3) is 0.500. The van der Waals surface area contributed by atoms with E-state index in [1.165, 1.54) is 0 Å². The van der Waals surface area contributed by atoms with Crippen molar-refractivity contribution >= 4 is 15.9 Å². The van der Waals surface area contributed by atoms with E-state index in [0.717, 1.165) is 0 Å². The fourth-order valence-corrected chi connectivity index (χ4v) is 1.73. The Bertz CT molecular complexity index is 379. The zero-order valence-corrected chi connectivity index (χ0v) is 11.8. The fourth-order valence-electron chi connectivity index (χ4n) is 1.35. The SMILES string of the molecule is CC(C)(C)OCC(NN)c1cccc(Br)c1F. The zero-order chi connectivity index (χ0) is 13.1. The van der Waals surface area contributed by atoms with Crippen LogP contribution >= 0.6 is 15.9 Å². The van der Waals surface area contributed by atoms with Gasteiger partial charge in [-0.05, 0) is 42.8 Å². The van der Waals surface area contributed by atoms with Crippen LogP contribution in [0, 0.1) is 5.82 Å². The van der Waals surface area contributed by atoms with Crippen LogP contribution in [0.4, 0.5) is 4.39 Å². The normalized spacial score (nSPS) is 13.8. The lowest BCUT2D eigenvalue weighted by molar-refractivity contribution is -0.0152. The van der Waals surface area contributed by atoms with Crippen LogP contribution < -0.4 is 11.3 Å². The average molecular weight is 305 g/mol. The number of hydrogen-bond acceptors (Lipinski definition) is 3. The second-order valence-electron chi connectivity index (χ2n) is 4.79. The van der Waals surface area contributed by atoms with Gasteiger partial charge in [-0.1, -0.05) is 12.1 Å². The van der Waals surface area contributed by atoms with E-state index in [0.29, 0.717) is 16.6 Å². The standard InChI is InChI=1S/C12H18BrFN2O/c1-12(2,3)17-7-10(16-15)8-5-4-6-9(13)11(8)14/h4-6,10,16H,7,15H2,1-3H3. The van der Waals surface area contributed by atoms with Crippen molar-refractivity contribution in [2.75, 3.05) is 6.61 Å². The van der Waals surface area contributed by atoms with Gasteiger partial charge in [0.2, 0.25) is 0 Å². The highest BCUT2D eigenvalue weighted by Crippen LogP contribution is 2.24. The minimum absolute atomic E-state index is 0.280.